The van der Waals surface area contributed by atoms with E-state index in [4.69, 9.17) is 0 Å². The number of halogens is 1. The Morgan fingerprint density at radius 2 is 2.10 bits per heavy atom. The Morgan fingerprint density at radius 1 is 1.30 bits per heavy atom. The van der Waals surface area contributed by atoms with Crippen LogP contribution in [0.2, 0.25) is 0 Å². The zero-order chi connectivity index (χ0) is 14.1. The number of anilines is 1. The van der Waals surface area contributed by atoms with E-state index >= 15 is 0 Å². The van der Waals surface area contributed by atoms with Crippen LogP contribution in [-0.2, 0) is 6.54 Å². The third-order valence-corrected chi connectivity index (χ3v) is 5.05. The van der Waals surface area contributed by atoms with Crippen molar-refractivity contribution in [1.82, 2.24) is 10.2 Å². The van der Waals surface area contributed by atoms with Crippen molar-refractivity contribution in [3.8, 4) is 0 Å². The summed E-state index contributed by atoms with van der Waals surface area (Å²) in [6.07, 6.45) is 3.95. The summed E-state index contributed by atoms with van der Waals surface area (Å²) in [6, 6.07) is 8.25. The van der Waals surface area contributed by atoms with Crippen LogP contribution in [0.1, 0.15) is 24.8 Å². The smallest absolute Gasteiger partial charge is 0.0511 e. The summed E-state index contributed by atoms with van der Waals surface area (Å²) in [4.78, 5) is 4.83. The third kappa shape index (κ3) is 3.35. The van der Waals surface area contributed by atoms with Gasteiger partial charge in [-0.1, -0.05) is 6.07 Å². The molecule has 1 aromatic rings. The molecule has 1 N–H and O–H groups in total. The molecule has 1 saturated carbocycles. The Kier molecular flexibility index (Phi) is 4.34. The van der Waals surface area contributed by atoms with Crippen LogP contribution in [0.5, 0.6) is 0 Å². The fraction of sp³-hybridized carbons (Fsp3) is 0.625. The molecule has 1 aliphatic heterocycles. The number of rotatable bonds is 5. The highest BCUT2D eigenvalue weighted by atomic mass is 79.9. The fourth-order valence-electron chi connectivity index (χ4n) is 2.85. The average molecular weight is 338 g/mol. The lowest BCUT2D eigenvalue weighted by molar-refractivity contribution is 0.315. The first-order valence-electron chi connectivity index (χ1n) is 7.56. The quantitative estimate of drug-likeness (QED) is 0.891. The zero-order valence-corrected chi connectivity index (χ0v) is 14.0. The lowest BCUT2D eigenvalue weighted by Gasteiger charge is -2.23. The highest BCUT2D eigenvalue weighted by Crippen LogP contribution is 2.31. The first-order chi connectivity index (χ1) is 9.63. The minimum Gasteiger partial charge on any atom is -0.369 e. The van der Waals surface area contributed by atoms with Gasteiger partial charge in [0.1, 0.15) is 0 Å². The molecule has 2 aliphatic rings. The monoisotopic (exact) mass is 337 g/mol. The van der Waals surface area contributed by atoms with Gasteiger partial charge in [0.2, 0.25) is 0 Å². The van der Waals surface area contributed by atoms with Crippen molar-refractivity contribution in [1.29, 1.82) is 0 Å². The molecule has 0 aromatic heterocycles. The van der Waals surface area contributed by atoms with Gasteiger partial charge in [-0.3, -0.25) is 0 Å². The summed E-state index contributed by atoms with van der Waals surface area (Å²) in [5.74, 6) is 0. The molecule has 0 spiro atoms. The van der Waals surface area contributed by atoms with Gasteiger partial charge in [-0.05, 0) is 67.0 Å². The molecular formula is C16H24BrN3. The molecule has 1 aromatic carbocycles. The molecule has 0 amide bonds. The van der Waals surface area contributed by atoms with Crippen molar-refractivity contribution in [3.63, 3.8) is 0 Å². The second-order valence-corrected chi connectivity index (χ2v) is 7.15. The lowest BCUT2D eigenvalue weighted by Crippen LogP contribution is -2.31. The van der Waals surface area contributed by atoms with Crippen molar-refractivity contribution >= 4 is 21.6 Å². The highest BCUT2D eigenvalue weighted by molar-refractivity contribution is 9.10. The average Bonchev–Trinajstić information content (AvgIpc) is 3.11. The normalized spacial score (nSPS) is 22.8. The molecule has 3 nitrogen and oxygen atoms in total. The Morgan fingerprint density at radius 3 is 2.70 bits per heavy atom. The van der Waals surface area contributed by atoms with Gasteiger partial charge < -0.3 is 15.1 Å². The Labute approximate surface area is 130 Å². The summed E-state index contributed by atoms with van der Waals surface area (Å²) in [5, 5.41) is 3.57. The van der Waals surface area contributed by atoms with Gasteiger partial charge in [0.15, 0.2) is 0 Å². The van der Waals surface area contributed by atoms with Gasteiger partial charge in [-0.15, -0.1) is 0 Å². The molecular weight excluding hydrogens is 314 g/mol. The van der Waals surface area contributed by atoms with Gasteiger partial charge in [0, 0.05) is 36.2 Å². The van der Waals surface area contributed by atoms with Crippen molar-refractivity contribution in [2.45, 2.75) is 37.9 Å². The number of hydrogen-bond donors (Lipinski definition) is 1. The summed E-state index contributed by atoms with van der Waals surface area (Å²) in [6.45, 7) is 3.27. The maximum Gasteiger partial charge on any atom is 0.0511 e. The SMILES string of the molecule is CN(C)C1CCN(c2ccc(CNC3CC3)cc2Br)C1. The van der Waals surface area contributed by atoms with Crippen molar-refractivity contribution in [2.24, 2.45) is 0 Å². The molecule has 1 atom stereocenters. The Bertz CT molecular complexity index is 471. The topological polar surface area (TPSA) is 18.5 Å². The van der Waals surface area contributed by atoms with E-state index in [-0.39, 0.29) is 0 Å². The maximum atomic E-state index is 3.75. The number of likely N-dealkylation sites (N-methyl/N-ethyl adjacent to an activating group) is 1. The van der Waals surface area contributed by atoms with E-state index in [9.17, 15) is 0 Å². The molecule has 1 heterocycles. The zero-order valence-electron chi connectivity index (χ0n) is 12.4. The van der Waals surface area contributed by atoms with Crippen LogP contribution in [0.3, 0.4) is 0 Å². The van der Waals surface area contributed by atoms with Crippen LogP contribution in [0.4, 0.5) is 5.69 Å². The number of benzene rings is 1. The largest absolute Gasteiger partial charge is 0.369 e. The minimum absolute atomic E-state index is 0.679. The summed E-state index contributed by atoms with van der Waals surface area (Å²) < 4.78 is 1.23. The van der Waals surface area contributed by atoms with Gasteiger partial charge in [0.05, 0.1) is 5.69 Å². The fourth-order valence-corrected chi connectivity index (χ4v) is 3.53. The maximum absolute atomic E-state index is 3.75. The van der Waals surface area contributed by atoms with Gasteiger partial charge >= 0.3 is 0 Å². The third-order valence-electron chi connectivity index (χ3n) is 4.42. The second-order valence-electron chi connectivity index (χ2n) is 6.29. The standard InChI is InChI=1S/C16H24BrN3/c1-19(2)14-7-8-20(11-14)16-6-3-12(9-15(16)17)10-18-13-4-5-13/h3,6,9,13-14,18H,4-5,7-8,10-11H2,1-2H3. The lowest BCUT2D eigenvalue weighted by atomic mass is 10.2. The molecule has 20 heavy (non-hydrogen) atoms. The van der Waals surface area contributed by atoms with E-state index < -0.39 is 0 Å². The predicted octanol–water partition coefficient (Wildman–Crippen LogP) is 2.84. The van der Waals surface area contributed by atoms with E-state index in [2.05, 4.69) is 63.3 Å². The van der Waals surface area contributed by atoms with Gasteiger partial charge in [-0.25, -0.2) is 0 Å². The van der Waals surface area contributed by atoms with Crippen LogP contribution in [-0.4, -0.2) is 44.2 Å². The summed E-state index contributed by atoms with van der Waals surface area (Å²) in [7, 11) is 4.35. The van der Waals surface area contributed by atoms with Crippen LogP contribution in [0.25, 0.3) is 0 Å². The highest BCUT2D eigenvalue weighted by Gasteiger charge is 2.25. The van der Waals surface area contributed by atoms with E-state index in [1.54, 1.807) is 0 Å². The molecule has 110 valence electrons. The number of hydrogen-bond acceptors (Lipinski definition) is 3. The van der Waals surface area contributed by atoms with Crippen molar-refractivity contribution in [2.75, 3.05) is 32.1 Å². The second kappa shape index (κ2) is 6.04. The van der Waals surface area contributed by atoms with Crippen molar-refractivity contribution in [3.05, 3.63) is 28.2 Å². The molecule has 0 radical (unpaired) electrons. The first-order valence-corrected chi connectivity index (χ1v) is 8.36. The van der Waals surface area contributed by atoms with Crippen LogP contribution < -0.4 is 10.2 Å². The molecule has 0 bridgehead atoms. The number of nitrogens with one attached hydrogen (secondary N) is 1. The molecule has 4 heteroatoms. The summed E-state index contributed by atoms with van der Waals surface area (Å²) >= 11 is 3.75. The van der Waals surface area contributed by atoms with Crippen LogP contribution in [0.15, 0.2) is 22.7 Å². The molecule has 3 rings (SSSR count). The minimum atomic E-state index is 0.679. The van der Waals surface area contributed by atoms with Crippen LogP contribution >= 0.6 is 15.9 Å². The Balaban J connectivity index is 1.64. The van der Waals surface area contributed by atoms with E-state index in [1.807, 2.05) is 0 Å². The van der Waals surface area contributed by atoms with Gasteiger partial charge in [0.25, 0.3) is 0 Å². The first kappa shape index (κ1) is 14.4. The molecule has 1 aliphatic carbocycles. The molecule has 1 saturated heterocycles. The number of nitrogens with zero attached hydrogens (tertiary/aromatic N) is 2. The van der Waals surface area contributed by atoms with E-state index in [0.717, 1.165) is 25.7 Å². The van der Waals surface area contributed by atoms with E-state index in [1.165, 1.54) is 35.0 Å². The van der Waals surface area contributed by atoms with Crippen LogP contribution in [0, 0.1) is 0 Å². The van der Waals surface area contributed by atoms with E-state index in [0.29, 0.717) is 6.04 Å². The Hall–Kier alpha value is -0.580. The van der Waals surface area contributed by atoms with Crippen molar-refractivity contribution < 1.29 is 0 Å². The molecule has 1 unspecified atom stereocenters. The van der Waals surface area contributed by atoms with Gasteiger partial charge in [-0.2, -0.15) is 0 Å². The predicted molar refractivity (Wildman–Crippen MR) is 88.3 cm³/mol. The molecule has 2 fully saturated rings. The summed E-state index contributed by atoms with van der Waals surface area (Å²) in [5.41, 5.74) is 2.71.